The number of aryl methyl sites for hydroxylation is 1. The van der Waals surface area contributed by atoms with Crippen LogP contribution in [0.2, 0.25) is 0 Å². The zero-order chi connectivity index (χ0) is 14.2. The number of benzene rings is 1. The number of carbonyl (C=O) groups is 1. The molecule has 0 spiro atoms. The molecule has 2 unspecified atom stereocenters. The molecule has 104 valence electrons. The smallest absolute Gasteiger partial charge is 0.242 e. The first-order valence-corrected chi connectivity index (χ1v) is 6.44. The summed E-state index contributed by atoms with van der Waals surface area (Å²) in [5.41, 5.74) is 1.76. The molecule has 1 aromatic rings. The second-order valence-corrected chi connectivity index (χ2v) is 5.00. The van der Waals surface area contributed by atoms with E-state index in [2.05, 4.69) is 5.32 Å². The summed E-state index contributed by atoms with van der Waals surface area (Å²) in [7, 11) is 0. The van der Waals surface area contributed by atoms with Gasteiger partial charge in [0.05, 0.1) is 6.10 Å². The molecule has 0 aromatic heterocycles. The minimum atomic E-state index is -0.776. The fourth-order valence-corrected chi connectivity index (χ4v) is 2.38. The first kappa shape index (κ1) is 13.8. The second kappa shape index (κ2) is 5.17. The van der Waals surface area contributed by atoms with Crippen LogP contribution in [0.1, 0.15) is 31.1 Å². The summed E-state index contributed by atoms with van der Waals surface area (Å²) in [5, 5.41) is 12.6. The van der Waals surface area contributed by atoms with Crippen molar-refractivity contribution >= 4 is 11.6 Å². The zero-order valence-electron chi connectivity index (χ0n) is 11.4. The van der Waals surface area contributed by atoms with E-state index in [4.69, 9.17) is 0 Å². The maximum atomic E-state index is 13.7. The number of aliphatic hydroxyl groups excluding tert-OH is 1. The topological polar surface area (TPSA) is 52.6 Å². The van der Waals surface area contributed by atoms with Crippen molar-refractivity contribution in [2.45, 2.75) is 32.9 Å². The minimum Gasteiger partial charge on any atom is -0.389 e. The van der Waals surface area contributed by atoms with E-state index >= 15 is 0 Å². The lowest BCUT2D eigenvalue weighted by molar-refractivity contribution is -0.122. The summed E-state index contributed by atoms with van der Waals surface area (Å²) in [4.78, 5) is 13.6. The van der Waals surface area contributed by atoms with Crippen LogP contribution in [0.25, 0.3) is 0 Å². The maximum absolute atomic E-state index is 13.7. The molecule has 1 aliphatic rings. The van der Waals surface area contributed by atoms with E-state index in [1.165, 1.54) is 6.07 Å². The molecule has 0 aliphatic carbocycles. The number of aliphatic hydroxyl groups is 1. The van der Waals surface area contributed by atoms with E-state index in [1.54, 1.807) is 26.8 Å². The fraction of sp³-hybridized carbons (Fsp3) is 0.500. The van der Waals surface area contributed by atoms with Crippen LogP contribution in [0.15, 0.2) is 12.1 Å². The summed E-state index contributed by atoms with van der Waals surface area (Å²) >= 11 is 0. The van der Waals surface area contributed by atoms with Crippen molar-refractivity contribution in [3.8, 4) is 0 Å². The molecule has 0 saturated carbocycles. The van der Waals surface area contributed by atoms with Gasteiger partial charge in [-0.05, 0) is 38.5 Å². The summed E-state index contributed by atoms with van der Waals surface area (Å²) in [6.07, 6.45) is -0.776. The zero-order valence-corrected chi connectivity index (χ0v) is 11.4. The van der Waals surface area contributed by atoms with Crippen LogP contribution in [0.5, 0.6) is 0 Å². The number of amides is 1. The van der Waals surface area contributed by atoms with Crippen molar-refractivity contribution < 1.29 is 14.3 Å². The van der Waals surface area contributed by atoms with Crippen LogP contribution in [0, 0.1) is 12.7 Å². The summed E-state index contributed by atoms with van der Waals surface area (Å²) in [6.45, 7) is 6.29. The number of nitrogens with zero attached hydrogens (tertiary/aromatic N) is 1. The van der Waals surface area contributed by atoms with Crippen molar-refractivity contribution in [3.63, 3.8) is 0 Å². The molecule has 1 heterocycles. The Morgan fingerprint density at radius 2 is 2.21 bits per heavy atom. The Morgan fingerprint density at radius 1 is 1.53 bits per heavy atom. The van der Waals surface area contributed by atoms with Crippen LogP contribution in [0.4, 0.5) is 10.1 Å². The van der Waals surface area contributed by atoms with Gasteiger partial charge in [-0.15, -0.1) is 0 Å². The van der Waals surface area contributed by atoms with Gasteiger partial charge in [-0.2, -0.15) is 0 Å². The monoisotopic (exact) mass is 266 g/mol. The SMILES string of the molecule is Cc1cc(N2CCNC(=O)C2C)c(C(C)O)cc1F. The predicted octanol–water partition coefficient (Wildman–Crippen LogP) is 1.51. The highest BCUT2D eigenvalue weighted by Gasteiger charge is 2.28. The van der Waals surface area contributed by atoms with E-state index in [1.807, 2.05) is 4.90 Å². The number of nitrogens with one attached hydrogen (secondary N) is 1. The molecule has 2 rings (SSSR count). The average molecular weight is 266 g/mol. The molecule has 4 nitrogen and oxygen atoms in total. The Hall–Kier alpha value is -1.62. The number of piperazine rings is 1. The molecule has 2 atom stereocenters. The van der Waals surface area contributed by atoms with Crippen molar-refractivity contribution in [2.24, 2.45) is 0 Å². The Morgan fingerprint density at radius 3 is 2.84 bits per heavy atom. The Balaban J connectivity index is 2.48. The lowest BCUT2D eigenvalue weighted by Crippen LogP contribution is -2.54. The molecule has 1 amide bonds. The van der Waals surface area contributed by atoms with Crippen LogP contribution < -0.4 is 10.2 Å². The van der Waals surface area contributed by atoms with Gasteiger partial charge in [0.2, 0.25) is 5.91 Å². The molecule has 1 fully saturated rings. The molecular formula is C14H19FN2O2. The fourth-order valence-electron chi connectivity index (χ4n) is 2.38. The normalized spacial score (nSPS) is 21.2. The molecule has 2 N–H and O–H groups in total. The summed E-state index contributed by atoms with van der Waals surface area (Å²) < 4.78 is 13.7. The van der Waals surface area contributed by atoms with E-state index in [0.29, 0.717) is 24.2 Å². The number of halogens is 1. The lowest BCUT2D eigenvalue weighted by atomic mass is 10.0. The minimum absolute atomic E-state index is 0.0511. The van der Waals surface area contributed by atoms with Crippen LogP contribution in [-0.2, 0) is 4.79 Å². The Bertz CT molecular complexity index is 502. The molecule has 1 aromatic carbocycles. The van der Waals surface area contributed by atoms with Gasteiger partial charge in [-0.1, -0.05) is 0 Å². The van der Waals surface area contributed by atoms with Gasteiger partial charge >= 0.3 is 0 Å². The van der Waals surface area contributed by atoms with Gasteiger partial charge in [0.1, 0.15) is 11.9 Å². The molecule has 1 saturated heterocycles. The molecule has 5 heteroatoms. The number of rotatable bonds is 2. The average Bonchev–Trinajstić information content (AvgIpc) is 2.35. The maximum Gasteiger partial charge on any atom is 0.242 e. The Kier molecular flexibility index (Phi) is 3.75. The number of hydrogen-bond acceptors (Lipinski definition) is 3. The molecule has 0 radical (unpaired) electrons. The van der Waals surface area contributed by atoms with Gasteiger partial charge in [0.25, 0.3) is 0 Å². The third kappa shape index (κ3) is 2.56. The predicted molar refractivity (Wildman–Crippen MR) is 71.6 cm³/mol. The highest BCUT2D eigenvalue weighted by atomic mass is 19.1. The second-order valence-electron chi connectivity index (χ2n) is 5.00. The van der Waals surface area contributed by atoms with Crippen LogP contribution in [0.3, 0.4) is 0 Å². The highest BCUT2D eigenvalue weighted by Crippen LogP contribution is 2.31. The first-order chi connectivity index (χ1) is 8.91. The molecule has 1 aliphatic heterocycles. The number of carbonyl (C=O) groups excluding carboxylic acids is 1. The summed E-state index contributed by atoms with van der Waals surface area (Å²) in [6, 6.07) is 2.73. The third-order valence-corrected chi connectivity index (χ3v) is 3.57. The van der Waals surface area contributed by atoms with Gasteiger partial charge in [0, 0.05) is 24.3 Å². The van der Waals surface area contributed by atoms with Gasteiger partial charge in [-0.25, -0.2) is 4.39 Å². The summed E-state index contributed by atoms with van der Waals surface area (Å²) in [5.74, 6) is -0.390. The largest absolute Gasteiger partial charge is 0.389 e. The van der Waals surface area contributed by atoms with Crippen molar-refractivity contribution in [1.82, 2.24) is 5.32 Å². The van der Waals surface area contributed by atoms with E-state index in [-0.39, 0.29) is 17.8 Å². The van der Waals surface area contributed by atoms with E-state index in [9.17, 15) is 14.3 Å². The van der Waals surface area contributed by atoms with Gasteiger partial charge in [-0.3, -0.25) is 4.79 Å². The third-order valence-electron chi connectivity index (χ3n) is 3.57. The standard InChI is InChI=1S/C14H19FN2O2/c1-8-6-13(11(10(3)18)7-12(8)15)17-5-4-16-14(19)9(17)2/h6-7,9-10,18H,4-5H2,1-3H3,(H,16,19). The Labute approximate surface area is 112 Å². The van der Waals surface area contributed by atoms with Crippen LogP contribution >= 0.6 is 0 Å². The van der Waals surface area contributed by atoms with Crippen molar-refractivity contribution in [1.29, 1.82) is 0 Å². The van der Waals surface area contributed by atoms with Gasteiger partial charge in [0.15, 0.2) is 0 Å². The molecule has 0 bridgehead atoms. The van der Waals surface area contributed by atoms with Crippen molar-refractivity contribution in [2.75, 3.05) is 18.0 Å². The highest BCUT2D eigenvalue weighted by molar-refractivity contribution is 5.86. The molecular weight excluding hydrogens is 247 g/mol. The van der Waals surface area contributed by atoms with E-state index in [0.717, 1.165) is 5.69 Å². The molecule has 19 heavy (non-hydrogen) atoms. The quantitative estimate of drug-likeness (QED) is 0.853. The number of anilines is 1. The van der Waals surface area contributed by atoms with Crippen LogP contribution in [-0.4, -0.2) is 30.1 Å². The van der Waals surface area contributed by atoms with E-state index < -0.39 is 6.10 Å². The first-order valence-electron chi connectivity index (χ1n) is 6.44. The van der Waals surface area contributed by atoms with Crippen molar-refractivity contribution in [3.05, 3.63) is 29.1 Å². The lowest BCUT2D eigenvalue weighted by Gasteiger charge is -2.36. The number of hydrogen-bond donors (Lipinski definition) is 2. The van der Waals surface area contributed by atoms with Gasteiger partial charge < -0.3 is 15.3 Å².